The van der Waals surface area contributed by atoms with E-state index in [1.807, 2.05) is 0 Å². The van der Waals surface area contributed by atoms with Crippen LogP contribution in [0.2, 0.25) is 0 Å². The van der Waals surface area contributed by atoms with Gasteiger partial charge in [0.1, 0.15) is 5.69 Å². The summed E-state index contributed by atoms with van der Waals surface area (Å²) in [6.07, 6.45) is 5.28. The second-order valence-electron chi connectivity index (χ2n) is 6.91. The summed E-state index contributed by atoms with van der Waals surface area (Å²) in [7, 11) is 0. The molecule has 0 N–H and O–H groups in total. The Morgan fingerprint density at radius 2 is 1.57 bits per heavy atom. The lowest BCUT2D eigenvalue weighted by Gasteiger charge is -2.37. The van der Waals surface area contributed by atoms with E-state index in [1.54, 1.807) is 12.1 Å². The number of rotatable bonds is 2. The molecule has 6 unspecified atom stereocenters. The number of nitro groups is 1. The highest BCUT2D eigenvalue weighted by Crippen LogP contribution is 2.65. The molecule has 3 fully saturated rings. The number of anilines is 1. The molecule has 1 saturated heterocycles. The number of para-hydroxylation sites is 2. The standard InChI is InChI=1S/C17H14N2O4/c20-16-14-8-5-6-9(11-7-10(8)11)15(14)17(21)18(16)12-3-1-2-4-13(12)19(22)23/h1-6,8-11,14-15H,7H2. The van der Waals surface area contributed by atoms with Crippen molar-refractivity contribution in [1.82, 2.24) is 0 Å². The minimum Gasteiger partial charge on any atom is -0.274 e. The zero-order chi connectivity index (χ0) is 15.9. The van der Waals surface area contributed by atoms with Crippen molar-refractivity contribution in [1.29, 1.82) is 0 Å². The Labute approximate surface area is 131 Å². The maximum Gasteiger partial charge on any atom is 0.293 e. The highest BCUT2D eigenvalue weighted by Gasteiger charge is 2.67. The molecule has 116 valence electrons. The smallest absolute Gasteiger partial charge is 0.274 e. The summed E-state index contributed by atoms with van der Waals surface area (Å²) < 4.78 is 0. The monoisotopic (exact) mass is 310 g/mol. The molecule has 2 saturated carbocycles. The van der Waals surface area contributed by atoms with Gasteiger partial charge in [-0.25, -0.2) is 4.90 Å². The van der Waals surface area contributed by atoms with Crippen molar-refractivity contribution in [3.63, 3.8) is 0 Å². The number of carbonyl (C=O) groups excluding carboxylic acids is 2. The SMILES string of the molecule is O=C1C2C3C=CC(C4CC34)C2C(=O)N1c1ccccc1[N+](=O)[O-]. The number of imide groups is 1. The van der Waals surface area contributed by atoms with Crippen molar-refractivity contribution in [3.05, 3.63) is 46.5 Å². The molecule has 1 aliphatic heterocycles. The number of allylic oxidation sites excluding steroid dienone is 2. The summed E-state index contributed by atoms with van der Waals surface area (Å²) in [5, 5.41) is 11.3. The summed E-state index contributed by atoms with van der Waals surface area (Å²) in [5.74, 6) is 0.0981. The average molecular weight is 310 g/mol. The number of nitro benzene ring substituents is 1. The minimum atomic E-state index is -0.539. The van der Waals surface area contributed by atoms with E-state index in [9.17, 15) is 19.7 Å². The van der Waals surface area contributed by atoms with Crippen LogP contribution in [0.5, 0.6) is 0 Å². The van der Waals surface area contributed by atoms with Crippen molar-refractivity contribution in [2.45, 2.75) is 6.42 Å². The lowest BCUT2D eigenvalue weighted by Crippen LogP contribution is -2.40. The van der Waals surface area contributed by atoms with Crippen molar-refractivity contribution in [3.8, 4) is 0 Å². The minimum absolute atomic E-state index is 0.106. The molecule has 2 amide bonds. The Balaban J connectivity index is 1.61. The van der Waals surface area contributed by atoms with E-state index in [0.717, 1.165) is 11.3 Å². The molecule has 0 aromatic heterocycles. The van der Waals surface area contributed by atoms with Crippen LogP contribution in [-0.2, 0) is 9.59 Å². The Hall–Kier alpha value is -2.50. The number of hydrogen-bond donors (Lipinski definition) is 0. The van der Waals surface area contributed by atoms with Crippen LogP contribution in [0.1, 0.15) is 6.42 Å². The van der Waals surface area contributed by atoms with Gasteiger partial charge in [0.05, 0.1) is 16.8 Å². The number of nitrogens with zero attached hydrogens (tertiary/aromatic N) is 2. The second kappa shape index (κ2) is 4.07. The largest absolute Gasteiger partial charge is 0.293 e. The summed E-state index contributed by atoms with van der Waals surface area (Å²) >= 11 is 0. The molecule has 1 heterocycles. The van der Waals surface area contributed by atoms with Gasteiger partial charge in [0.25, 0.3) is 5.69 Å². The van der Waals surface area contributed by atoms with E-state index < -0.39 is 4.92 Å². The van der Waals surface area contributed by atoms with Crippen molar-refractivity contribution < 1.29 is 14.5 Å². The van der Waals surface area contributed by atoms with Crippen LogP contribution in [-0.4, -0.2) is 16.7 Å². The van der Waals surface area contributed by atoms with Crippen molar-refractivity contribution in [2.24, 2.45) is 35.5 Å². The molecule has 6 rings (SSSR count). The van der Waals surface area contributed by atoms with E-state index in [4.69, 9.17) is 0 Å². The third-order valence-corrected chi connectivity index (χ3v) is 5.98. The molecule has 0 spiro atoms. The quantitative estimate of drug-likeness (QED) is 0.363. The third kappa shape index (κ3) is 1.48. The Bertz CT molecular complexity index is 766. The van der Waals surface area contributed by atoms with Crippen LogP contribution in [0.15, 0.2) is 36.4 Å². The van der Waals surface area contributed by atoms with Gasteiger partial charge in [-0.1, -0.05) is 24.3 Å². The highest BCUT2D eigenvalue weighted by molar-refractivity contribution is 6.23. The summed E-state index contributed by atoms with van der Waals surface area (Å²) in [6, 6.07) is 5.98. The van der Waals surface area contributed by atoms with Gasteiger partial charge in [-0.3, -0.25) is 19.7 Å². The number of amides is 2. The maximum atomic E-state index is 12.9. The van der Waals surface area contributed by atoms with Crippen LogP contribution in [0, 0.1) is 45.6 Å². The van der Waals surface area contributed by atoms with Crippen LogP contribution >= 0.6 is 0 Å². The van der Waals surface area contributed by atoms with Crippen molar-refractivity contribution in [2.75, 3.05) is 4.90 Å². The predicted molar refractivity (Wildman–Crippen MR) is 80.3 cm³/mol. The van der Waals surface area contributed by atoms with Gasteiger partial charge in [-0.05, 0) is 36.2 Å². The molecular formula is C17H14N2O4. The fraction of sp³-hybridized carbons (Fsp3) is 0.412. The fourth-order valence-corrected chi connectivity index (χ4v) is 5.00. The number of hydrogen-bond acceptors (Lipinski definition) is 4. The van der Waals surface area contributed by atoms with E-state index >= 15 is 0 Å². The first-order valence-electron chi connectivity index (χ1n) is 7.89. The van der Waals surface area contributed by atoms with Gasteiger partial charge in [0.2, 0.25) is 11.8 Å². The molecule has 6 atom stereocenters. The zero-order valence-electron chi connectivity index (χ0n) is 12.2. The highest BCUT2D eigenvalue weighted by atomic mass is 16.6. The zero-order valence-corrected chi connectivity index (χ0v) is 12.2. The van der Waals surface area contributed by atoms with Crippen LogP contribution < -0.4 is 4.90 Å². The van der Waals surface area contributed by atoms with Gasteiger partial charge in [-0.2, -0.15) is 0 Å². The van der Waals surface area contributed by atoms with Gasteiger partial charge < -0.3 is 0 Å². The molecule has 1 aromatic carbocycles. The summed E-state index contributed by atoms with van der Waals surface area (Å²) in [5.41, 5.74) is -0.0896. The molecule has 23 heavy (non-hydrogen) atoms. The van der Waals surface area contributed by atoms with Crippen molar-refractivity contribution >= 4 is 23.2 Å². The van der Waals surface area contributed by atoms with Crippen LogP contribution in [0.25, 0.3) is 0 Å². The van der Waals surface area contributed by atoms with Crippen LogP contribution in [0.4, 0.5) is 11.4 Å². The number of carbonyl (C=O) groups is 2. The van der Waals surface area contributed by atoms with E-state index in [-0.39, 0.29) is 46.9 Å². The van der Waals surface area contributed by atoms with Gasteiger partial charge in [-0.15, -0.1) is 0 Å². The Morgan fingerprint density at radius 1 is 1.00 bits per heavy atom. The van der Waals surface area contributed by atoms with E-state index in [2.05, 4.69) is 12.2 Å². The topological polar surface area (TPSA) is 80.5 Å². The lowest BCUT2D eigenvalue weighted by molar-refractivity contribution is -0.384. The van der Waals surface area contributed by atoms with Crippen LogP contribution in [0.3, 0.4) is 0 Å². The third-order valence-electron chi connectivity index (χ3n) is 5.98. The molecule has 0 radical (unpaired) electrons. The molecule has 1 aromatic rings. The molecule has 4 aliphatic carbocycles. The molecule has 2 bridgehead atoms. The van der Waals surface area contributed by atoms with E-state index in [0.29, 0.717) is 11.8 Å². The Morgan fingerprint density at radius 3 is 2.13 bits per heavy atom. The summed E-state index contributed by atoms with van der Waals surface area (Å²) in [4.78, 5) is 37.6. The lowest BCUT2D eigenvalue weighted by atomic mass is 9.63. The molecule has 6 nitrogen and oxygen atoms in total. The number of benzene rings is 1. The Kier molecular flexibility index (Phi) is 2.30. The van der Waals surface area contributed by atoms with Gasteiger partial charge in [0.15, 0.2) is 0 Å². The fourth-order valence-electron chi connectivity index (χ4n) is 5.00. The van der Waals surface area contributed by atoms with Gasteiger partial charge in [0, 0.05) is 6.07 Å². The first kappa shape index (κ1) is 13.0. The van der Waals surface area contributed by atoms with Gasteiger partial charge >= 0.3 is 0 Å². The molecular weight excluding hydrogens is 296 g/mol. The molecule has 6 heteroatoms. The molecule has 5 aliphatic rings. The van der Waals surface area contributed by atoms with E-state index in [1.165, 1.54) is 12.1 Å². The first-order valence-corrected chi connectivity index (χ1v) is 7.89. The average Bonchev–Trinajstić information content (AvgIpc) is 3.32. The maximum absolute atomic E-state index is 12.9. The first-order chi connectivity index (χ1) is 11.1. The summed E-state index contributed by atoms with van der Waals surface area (Å²) in [6.45, 7) is 0. The normalized spacial score (nSPS) is 39.4. The second-order valence-corrected chi connectivity index (χ2v) is 6.91. The predicted octanol–water partition coefficient (Wildman–Crippen LogP) is 2.15.